The summed E-state index contributed by atoms with van der Waals surface area (Å²) in [5.41, 5.74) is 5.97. The number of nitrogens with two attached hydrogens (primary N) is 1. The molecule has 2 aliphatic heterocycles. The van der Waals surface area contributed by atoms with Crippen LogP contribution in [0.15, 0.2) is 54.4 Å². The fourth-order valence-corrected chi connectivity index (χ4v) is 4.78. The van der Waals surface area contributed by atoms with Gasteiger partial charge in [0.05, 0.1) is 19.3 Å². The van der Waals surface area contributed by atoms with Crippen molar-refractivity contribution in [3.8, 4) is 5.75 Å². The van der Waals surface area contributed by atoms with E-state index in [1.807, 2.05) is 47.5 Å². The lowest BCUT2D eigenvalue weighted by atomic mass is 10.1. The summed E-state index contributed by atoms with van der Waals surface area (Å²) in [5, 5.41) is 3.05. The van der Waals surface area contributed by atoms with Crippen LogP contribution in [0, 0.1) is 5.92 Å². The van der Waals surface area contributed by atoms with Crippen LogP contribution >= 0.6 is 8.53 Å². The Morgan fingerprint density at radius 2 is 2.00 bits per heavy atom. The van der Waals surface area contributed by atoms with Crippen LogP contribution in [-0.4, -0.2) is 48.9 Å². The Labute approximate surface area is 208 Å². The van der Waals surface area contributed by atoms with Crippen molar-refractivity contribution in [2.24, 2.45) is 11.7 Å². The quantitative estimate of drug-likeness (QED) is 0.289. The molecule has 3 N–H and O–H groups in total. The summed E-state index contributed by atoms with van der Waals surface area (Å²) >= 11 is 0. The minimum atomic E-state index is -1.60. The van der Waals surface area contributed by atoms with Crippen LogP contribution in [-0.2, 0) is 23.6 Å². The molecule has 0 saturated carbocycles. The number of allylic oxidation sites excluding steroid dienone is 1. The highest BCUT2D eigenvalue weighted by molar-refractivity contribution is 7.45. The minimum Gasteiger partial charge on any atom is -0.464 e. The fourth-order valence-electron chi connectivity index (χ4n) is 3.70. The number of amides is 1. The maximum atomic E-state index is 12.2. The van der Waals surface area contributed by atoms with Gasteiger partial charge in [0.1, 0.15) is 18.5 Å². The summed E-state index contributed by atoms with van der Waals surface area (Å²) in [4.78, 5) is 25.6. The van der Waals surface area contributed by atoms with Crippen molar-refractivity contribution in [3.05, 3.63) is 54.4 Å². The van der Waals surface area contributed by atoms with Gasteiger partial charge in [0.2, 0.25) is 5.91 Å². The number of primary amides is 1. The molecule has 2 aliphatic rings. The molecule has 9 nitrogen and oxygen atoms in total. The SMILES string of the molecule is CCC(CC)COC(=O)CNP(OCC1CCC(N2C=CCC(C(N)=O)=C2)O1)Oc1ccccc1. The van der Waals surface area contributed by atoms with Gasteiger partial charge in [-0.2, -0.15) is 0 Å². The number of para-hydroxylation sites is 1. The first-order valence-electron chi connectivity index (χ1n) is 12.1. The van der Waals surface area contributed by atoms with Crippen molar-refractivity contribution in [1.82, 2.24) is 9.99 Å². The first kappa shape index (κ1) is 27.1. The lowest BCUT2D eigenvalue weighted by Crippen LogP contribution is -2.31. The largest absolute Gasteiger partial charge is 0.464 e. The van der Waals surface area contributed by atoms with E-state index >= 15 is 0 Å². The van der Waals surface area contributed by atoms with Crippen molar-refractivity contribution in [1.29, 1.82) is 0 Å². The van der Waals surface area contributed by atoms with E-state index in [9.17, 15) is 9.59 Å². The summed E-state index contributed by atoms with van der Waals surface area (Å²) in [6.07, 6.45) is 9.26. The van der Waals surface area contributed by atoms with Crippen molar-refractivity contribution in [2.75, 3.05) is 19.8 Å². The maximum absolute atomic E-state index is 12.2. The van der Waals surface area contributed by atoms with Crippen molar-refractivity contribution in [2.45, 2.75) is 58.3 Å². The Kier molecular flexibility index (Phi) is 11.0. The summed E-state index contributed by atoms with van der Waals surface area (Å²) in [6.45, 7) is 4.89. The molecule has 2 heterocycles. The first-order chi connectivity index (χ1) is 17.0. The number of benzene rings is 1. The molecular weight excluding hydrogens is 469 g/mol. The first-order valence-corrected chi connectivity index (χ1v) is 13.3. The Balaban J connectivity index is 1.50. The van der Waals surface area contributed by atoms with Crippen LogP contribution in [0.2, 0.25) is 0 Å². The molecule has 1 saturated heterocycles. The van der Waals surface area contributed by atoms with Crippen LogP contribution < -0.4 is 15.3 Å². The van der Waals surface area contributed by atoms with E-state index in [-0.39, 0.29) is 24.8 Å². The van der Waals surface area contributed by atoms with Crippen LogP contribution in [0.1, 0.15) is 46.0 Å². The van der Waals surface area contributed by atoms with E-state index in [4.69, 9.17) is 24.3 Å². The second kappa shape index (κ2) is 14.2. The number of hydrogen-bond donors (Lipinski definition) is 2. The smallest absolute Gasteiger partial charge is 0.320 e. The third-order valence-corrected chi connectivity index (χ3v) is 7.13. The number of nitrogens with zero attached hydrogens (tertiary/aromatic N) is 1. The van der Waals surface area contributed by atoms with Gasteiger partial charge in [-0.3, -0.25) is 9.59 Å². The van der Waals surface area contributed by atoms with Gasteiger partial charge in [0.25, 0.3) is 0 Å². The molecule has 1 fully saturated rings. The van der Waals surface area contributed by atoms with E-state index in [1.54, 1.807) is 6.20 Å². The number of carbonyl (C=O) groups is 2. The molecule has 35 heavy (non-hydrogen) atoms. The highest BCUT2D eigenvalue weighted by Gasteiger charge is 2.30. The zero-order valence-corrected chi connectivity index (χ0v) is 21.3. The molecule has 1 amide bonds. The predicted molar refractivity (Wildman–Crippen MR) is 134 cm³/mol. The third-order valence-electron chi connectivity index (χ3n) is 5.95. The zero-order chi connectivity index (χ0) is 25.0. The van der Waals surface area contributed by atoms with Gasteiger partial charge in [0.15, 0.2) is 0 Å². The van der Waals surface area contributed by atoms with E-state index < -0.39 is 14.4 Å². The Bertz CT molecular complexity index is 877. The van der Waals surface area contributed by atoms with Crippen molar-refractivity contribution >= 4 is 20.4 Å². The van der Waals surface area contributed by atoms with Gasteiger partial charge >= 0.3 is 14.5 Å². The topological polar surface area (TPSA) is 112 Å². The molecule has 192 valence electrons. The third kappa shape index (κ3) is 8.93. The van der Waals surface area contributed by atoms with Crippen molar-refractivity contribution < 1.29 is 28.1 Å². The van der Waals surface area contributed by atoms with E-state index in [1.165, 1.54) is 0 Å². The standard InChI is InChI=1S/C25H36N3O6P/c1-3-19(4-2)17-31-24(29)15-27-35(34-21-10-6-5-7-11-21)32-18-22-12-13-23(33-22)28-14-8-9-20(16-28)25(26)30/h5-8,10-11,14,16,19,22-23,27H,3-4,9,12-13,15,17-18H2,1-2H3,(H2,26,30). The van der Waals surface area contributed by atoms with Gasteiger partial charge in [-0.15, -0.1) is 0 Å². The number of rotatable bonds is 14. The highest BCUT2D eigenvalue weighted by Crippen LogP contribution is 2.37. The number of nitrogens with one attached hydrogen (secondary N) is 1. The molecule has 0 aromatic heterocycles. The van der Waals surface area contributed by atoms with E-state index in [0.29, 0.717) is 36.9 Å². The van der Waals surface area contributed by atoms with Gasteiger partial charge in [-0.25, -0.2) is 5.09 Å². The average Bonchev–Trinajstić information content (AvgIpc) is 3.36. The molecular formula is C25H36N3O6P. The summed E-state index contributed by atoms with van der Waals surface area (Å²) in [7, 11) is -1.60. The molecule has 0 spiro atoms. The number of esters is 1. The molecule has 0 aliphatic carbocycles. The molecule has 3 unspecified atom stereocenters. The van der Waals surface area contributed by atoms with Gasteiger partial charge < -0.3 is 29.2 Å². The monoisotopic (exact) mass is 505 g/mol. The Morgan fingerprint density at radius 1 is 1.23 bits per heavy atom. The highest BCUT2D eigenvalue weighted by atomic mass is 31.2. The minimum absolute atomic E-state index is 0.00784. The fraction of sp³-hybridized carbons (Fsp3) is 0.520. The second-order valence-electron chi connectivity index (χ2n) is 8.50. The number of carbonyl (C=O) groups excluding carboxylic acids is 2. The molecule has 10 heteroatoms. The predicted octanol–water partition coefficient (Wildman–Crippen LogP) is 3.97. The van der Waals surface area contributed by atoms with Crippen LogP contribution in [0.25, 0.3) is 0 Å². The van der Waals surface area contributed by atoms with E-state index in [2.05, 4.69) is 18.9 Å². The number of ether oxygens (including phenoxy) is 2. The average molecular weight is 506 g/mol. The second-order valence-corrected chi connectivity index (χ2v) is 9.77. The molecule has 1 aromatic rings. The van der Waals surface area contributed by atoms with Crippen LogP contribution in [0.4, 0.5) is 0 Å². The Hall–Kier alpha value is -2.45. The summed E-state index contributed by atoms with van der Waals surface area (Å²) in [5.74, 6) is 0.249. The maximum Gasteiger partial charge on any atom is 0.320 e. The molecule has 0 radical (unpaired) electrons. The molecule has 1 aromatic carbocycles. The van der Waals surface area contributed by atoms with Gasteiger partial charge in [-0.1, -0.05) is 51.0 Å². The lowest BCUT2D eigenvalue weighted by Gasteiger charge is -2.27. The van der Waals surface area contributed by atoms with Crippen LogP contribution in [0.3, 0.4) is 0 Å². The van der Waals surface area contributed by atoms with E-state index in [0.717, 1.165) is 25.7 Å². The molecule has 3 rings (SSSR count). The van der Waals surface area contributed by atoms with Gasteiger partial charge in [0, 0.05) is 18.0 Å². The summed E-state index contributed by atoms with van der Waals surface area (Å²) < 4.78 is 23.5. The number of hydrogen-bond acceptors (Lipinski definition) is 8. The lowest BCUT2D eigenvalue weighted by molar-refractivity contribution is -0.143. The summed E-state index contributed by atoms with van der Waals surface area (Å²) in [6, 6.07) is 9.31. The normalized spacial score (nSPS) is 20.5. The molecule has 0 bridgehead atoms. The molecule has 3 atom stereocenters. The Morgan fingerprint density at radius 3 is 2.71 bits per heavy atom. The van der Waals surface area contributed by atoms with Gasteiger partial charge in [-0.05, 0) is 37.3 Å². The van der Waals surface area contributed by atoms with Crippen LogP contribution in [0.5, 0.6) is 5.75 Å². The zero-order valence-electron chi connectivity index (χ0n) is 20.4. The van der Waals surface area contributed by atoms with Crippen molar-refractivity contribution in [3.63, 3.8) is 0 Å².